The van der Waals surface area contributed by atoms with Crippen molar-refractivity contribution in [1.29, 1.82) is 0 Å². The predicted octanol–water partition coefficient (Wildman–Crippen LogP) is 2.01. The average molecular weight is 339 g/mol. The maximum absolute atomic E-state index is 12.2. The summed E-state index contributed by atoms with van der Waals surface area (Å²) in [7, 11) is 0. The molecule has 1 heterocycles. The molecule has 6 nitrogen and oxygen atoms in total. The van der Waals surface area contributed by atoms with Gasteiger partial charge < -0.3 is 15.5 Å². The van der Waals surface area contributed by atoms with Gasteiger partial charge in [-0.15, -0.1) is 0 Å². The summed E-state index contributed by atoms with van der Waals surface area (Å²) in [5.41, 5.74) is 0.721. The van der Waals surface area contributed by atoms with Crippen molar-refractivity contribution < 1.29 is 9.59 Å². The van der Waals surface area contributed by atoms with Crippen LogP contribution in [0.4, 0.5) is 10.5 Å². The summed E-state index contributed by atoms with van der Waals surface area (Å²) in [5.74, 6) is 0.0269. The van der Waals surface area contributed by atoms with E-state index in [0.29, 0.717) is 37.7 Å². The number of anilines is 1. The number of halogens is 1. The number of carbonyl (C=O) groups excluding carboxylic acids is 2. The molecule has 0 unspecified atom stereocenters. The number of rotatable bonds is 4. The van der Waals surface area contributed by atoms with Crippen LogP contribution in [-0.4, -0.2) is 60.5 Å². The minimum absolute atomic E-state index is 0.0269. The summed E-state index contributed by atoms with van der Waals surface area (Å²) in [6, 6.07) is 7.04. The van der Waals surface area contributed by atoms with Crippen LogP contribution in [0.2, 0.25) is 5.02 Å². The van der Waals surface area contributed by atoms with E-state index in [1.165, 1.54) is 0 Å². The molecule has 0 bridgehead atoms. The van der Waals surface area contributed by atoms with E-state index in [1.807, 2.05) is 13.8 Å². The molecule has 1 aliphatic rings. The van der Waals surface area contributed by atoms with Crippen molar-refractivity contribution in [2.24, 2.45) is 0 Å². The van der Waals surface area contributed by atoms with E-state index in [-0.39, 0.29) is 18.0 Å². The van der Waals surface area contributed by atoms with Gasteiger partial charge in [0.25, 0.3) is 0 Å². The Labute approximate surface area is 141 Å². The van der Waals surface area contributed by atoms with Crippen LogP contribution in [0.25, 0.3) is 0 Å². The normalized spacial score (nSPS) is 15.6. The Morgan fingerprint density at radius 1 is 1.13 bits per heavy atom. The lowest BCUT2D eigenvalue weighted by Gasteiger charge is -2.34. The summed E-state index contributed by atoms with van der Waals surface area (Å²) >= 11 is 5.82. The number of piperazine rings is 1. The van der Waals surface area contributed by atoms with E-state index in [2.05, 4.69) is 15.5 Å². The number of urea groups is 1. The van der Waals surface area contributed by atoms with Crippen LogP contribution in [0, 0.1) is 0 Å². The van der Waals surface area contributed by atoms with Gasteiger partial charge in [-0.05, 0) is 38.1 Å². The van der Waals surface area contributed by atoms with Crippen LogP contribution in [0.5, 0.6) is 0 Å². The number of benzene rings is 1. The Hall–Kier alpha value is -1.79. The fourth-order valence-corrected chi connectivity index (χ4v) is 2.54. The molecule has 0 saturated carbocycles. The first-order valence-electron chi connectivity index (χ1n) is 7.77. The van der Waals surface area contributed by atoms with E-state index >= 15 is 0 Å². The number of carbonyl (C=O) groups is 2. The lowest BCUT2D eigenvalue weighted by molar-refractivity contribution is -0.123. The summed E-state index contributed by atoms with van der Waals surface area (Å²) in [6.45, 7) is 6.86. The number of nitrogens with zero attached hydrogens (tertiary/aromatic N) is 2. The van der Waals surface area contributed by atoms with E-state index in [4.69, 9.17) is 11.6 Å². The Morgan fingerprint density at radius 2 is 1.74 bits per heavy atom. The van der Waals surface area contributed by atoms with Gasteiger partial charge in [0.2, 0.25) is 5.91 Å². The second-order valence-electron chi connectivity index (χ2n) is 5.92. The van der Waals surface area contributed by atoms with E-state index in [0.717, 1.165) is 5.69 Å². The molecule has 126 valence electrons. The largest absolute Gasteiger partial charge is 0.353 e. The topological polar surface area (TPSA) is 64.7 Å². The molecule has 2 rings (SSSR count). The zero-order valence-corrected chi connectivity index (χ0v) is 14.3. The number of hydrogen-bond donors (Lipinski definition) is 2. The molecule has 0 aromatic heterocycles. The molecule has 1 aromatic rings. The van der Waals surface area contributed by atoms with Gasteiger partial charge in [0.05, 0.1) is 6.54 Å². The Bertz CT molecular complexity index is 540. The van der Waals surface area contributed by atoms with Crippen LogP contribution in [-0.2, 0) is 4.79 Å². The lowest BCUT2D eigenvalue weighted by atomic mass is 10.3. The third kappa shape index (κ3) is 5.73. The SMILES string of the molecule is CC(C)NC(=O)CN1CCN(C(=O)Nc2ccc(Cl)cc2)CC1. The lowest BCUT2D eigenvalue weighted by Crippen LogP contribution is -2.52. The van der Waals surface area contributed by atoms with Gasteiger partial charge in [0, 0.05) is 42.9 Å². The summed E-state index contributed by atoms with van der Waals surface area (Å²) in [6.07, 6.45) is 0. The number of amides is 3. The van der Waals surface area contributed by atoms with Crippen LogP contribution in [0.3, 0.4) is 0 Å². The van der Waals surface area contributed by atoms with Crippen molar-refractivity contribution >= 4 is 29.2 Å². The highest BCUT2D eigenvalue weighted by atomic mass is 35.5. The second kappa shape index (κ2) is 8.17. The van der Waals surface area contributed by atoms with Crippen molar-refractivity contribution in [3.8, 4) is 0 Å². The standard InChI is InChI=1S/C16H23ClN4O2/c1-12(2)18-15(22)11-20-7-9-21(10-8-20)16(23)19-14-5-3-13(17)4-6-14/h3-6,12H,7-11H2,1-2H3,(H,18,22)(H,19,23). The third-order valence-corrected chi connectivity index (χ3v) is 3.82. The summed E-state index contributed by atoms with van der Waals surface area (Å²) < 4.78 is 0. The highest BCUT2D eigenvalue weighted by molar-refractivity contribution is 6.30. The molecule has 0 spiro atoms. The smallest absolute Gasteiger partial charge is 0.321 e. The molecule has 1 saturated heterocycles. The van der Waals surface area contributed by atoms with E-state index in [1.54, 1.807) is 29.2 Å². The van der Waals surface area contributed by atoms with Crippen molar-refractivity contribution in [2.75, 3.05) is 38.0 Å². The van der Waals surface area contributed by atoms with Crippen molar-refractivity contribution in [1.82, 2.24) is 15.1 Å². The van der Waals surface area contributed by atoms with Crippen LogP contribution in [0.1, 0.15) is 13.8 Å². The zero-order chi connectivity index (χ0) is 16.8. The van der Waals surface area contributed by atoms with Gasteiger partial charge in [-0.3, -0.25) is 9.69 Å². The molecule has 2 N–H and O–H groups in total. The van der Waals surface area contributed by atoms with Crippen LogP contribution in [0.15, 0.2) is 24.3 Å². The molecule has 1 fully saturated rings. The second-order valence-corrected chi connectivity index (χ2v) is 6.36. The highest BCUT2D eigenvalue weighted by Crippen LogP contribution is 2.14. The third-order valence-electron chi connectivity index (χ3n) is 3.57. The molecule has 0 radical (unpaired) electrons. The fraction of sp³-hybridized carbons (Fsp3) is 0.500. The molecule has 23 heavy (non-hydrogen) atoms. The average Bonchev–Trinajstić information content (AvgIpc) is 2.49. The molecule has 1 aliphatic heterocycles. The van der Waals surface area contributed by atoms with Crippen LogP contribution < -0.4 is 10.6 Å². The number of hydrogen-bond acceptors (Lipinski definition) is 3. The van der Waals surface area contributed by atoms with Crippen molar-refractivity contribution in [3.05, 3.63) is 29.3 Å². The maximum atomic E-state index is 12.2. The zero-order valence-electron chi connectivity index (χ0n) is 13.5. The molecule has 3 amide bonds. The van der Waals surface area contributed by atoms with E-state index in [9.17, 15) is 9.59 Å². The number of nitrogens with one attached hydrogen (secondary N) is 2. The van der Waals surface area contributed by atoms with Crippen molar-refractivity contribution in [2.45, 2.75) is 19.9 Å². The molecule has 1 aromatic carbocycles. The van der Waals surface area contributed by atoms with Gasteiger partial charge in [0.15, 0.2) is 0 Å². The van der Waals surface area contributed by atoms with Gasteiger partial charge >= 0.3 is 6.03 Å². The predicted molar refractivity (Wildman–Crippen MR) is 91.8 cm³/mol. The summed E-state index contributed by atoms with van der Waals surface area (Å²) in [5, 5.41) is 6.36. The minimum atomic E-state index is -0.126. The monoisotopic (exact) mass is 338 g/mol. The molecule has 7 heteroatoms. The summed E-state index contributed by atoms with van der Waals surface area (Å²) in [4.78, 5) is 27.8. The van der Waals surface area contributed by atoms with Gasteiger partial charge in [0.1, 0.15) is 0 Å². The van der Waals surface area contributed by atoms with E-state index < -0.39 is 0 Å². The molecular weight excluding hydrogens is 316 g/mol. The Balaban J connectivity index is 1.76. The first-order valence-corrected chi connectivity index (χ1v) is 8.15. The van der Waals surface area contributed by atoms with Gasteiger partial charge in [-0.2, -0.15) is 0 Å². The van der Waals surface area contributed by atoms with Gasteiger partial charge in [-0.1, -0.05) is 11.6 Å². The quantitative estimate of drug-likeness (QED) is 0.882. The Morgan fingerprint density at radius 3 is 2.30 bits per heavy atom. The highest BCUT2D eigenvalue weighted by Gasteiger charge is 2.22. The molecule has 0 aliphatic carbocycles. The van der Waals surface area contributed by atoms with Crippen molar-refractivity contribution in [3.63, 3.8) is 0 Å². The van der Waals surface area contributed by atoms with Crippen LogP contribution >= 0.6 is 11.6 Å². The Kier molecular flexibility index (Phi) is 6.24. The minimum Gasteiger partial charge on any atom is -0.353 e. The molecule has 0 atom stereocenters. The fourth-order valence-electron chi connectivity index (χ4n) is 2.42. The maximum Gasteiger partial charge on any atom is 0.321 e. The first kappa shape index (κ1) is 17.6. The van der Waals surface area contributed by atoms with Gasteiger partial charge in [-0.25, -0.2) is 4.79 Å². The first-order chi connectivity index (χ1) is 10.9. The molecular formula is C16H23ClN4O2.